The van der Waals surface area contributed by atoms with Gasteiger partial charge >= 0.3 is 6.18 Å². The van der Waals surface area contributed by atoms with Crippen LogP contribution in [0.25, 0.3) is 5.57 Å². The SMILES string of the molecule is CNC1=C(c2cccc(C(F)(F)F)c2)C(=O)C(c2cccc(Cl)c2Cl)S1. The molecule has 1 heterocycles. The van der Waals surface area contributed by atoms with Gasteiger partial charge in [-0.25, -0.2) is 0 Å². The van der Waals surface area contributed by atoms with Crippen LogP contribution >= 0.6 is 35.0 Å². The predicted octanol–water partition coefficient (Wildman–Crippen LogP) is 5.96. The minimum atomic E-state index is -4.49. The van der Waals surface area contributed by atoms with Gasteiger partial charge in [0.05, 0.1) is 26.2 Å². The van der Waals surface area contributed by atoms with E-state index in [1.54, 1.807) is 25.2 Å². The second kappa shape index (κ2) is 7.18. The van der Waals surface area contributed by atoms with E-state index >= 15 is 0 Å². The lowest BCUT2D eigenvalue weighted by atomic mass is 9.96. The Kier molecular flexibility index (Phi) is 5.28. The molecule has 2 nitrogen and oxygen atoms in total. The summed E-state index contributed by atoms with van der Waals surface area (Å²) in [5.41, 5.74) is 0.149. The third-order valence-electron chi connectivity index (χ3n) is 3.92. The lowest BCUT2D eigenvalue weighted by Crippen LogP contribution is -2.10. The minimum absolute atomic E-state index is 0.210. The summed E-state index contributed by atoms with van der Waals surface area (Å²) < 4.78 is 39.0. The number of hydrogen-bond acceptors (Lipinski definition) is 3. The Bertz CT molecular complexity index is 912. The highest BCUT2D eigenvalue weighted by Gasteiger charge is 2.38. The molecule has 1 atom stereocenters. The van der Waals surface area contributed by atoms with Gasteiger partial charge in [-0.05, 0) is 29.3 Å². The minimum Gasteiger partial charge on any atom is -0.382 e. The summed E-state index contributed by atoms with van der Waals surface area (Å²) in [5, 5.41) is 3.30. The lowest BCUT2D eigenvalue weighted by molar-refractivity contribution is -0.137. The van der Waals surface area contributed by atoms with E-state index in [9.17, 15) is 18.0 Å². The van der Waals surface area contributed by atoms with Gasteiger partial charge in [-0.15, -0.1) is 0 Å². The second-order valence-corrected chi connectivity index (χ2v) is 7.44. The Morgan fingerprint density at radius 1 is 1.12 bits per heavy atom. The number of rotatable bonds is 3. The summed E-state index contributed by atoms with van der Waals surface area (Å²) in [5.74, 6) is -0.317. The molecule has 1 N–H and O–H groups in total. The van der Waals surface area contributed by atoms with Crippen LogP contribution in [0.2, 0.25) is 10.0 Å². The van der Waals surface area contributed by atoms with Crippen LogP contribution in [0, 0.1) is 0 Å². The molecule has 0 saturated carbocycles. The molecular formula is C18H12Cl2F3NOS. The third kappa shape index (κ3) is 3.46. The van der Waals surface area contributed by atoms with Crippen LogP contribution in [-0.2, 0) is 11.0 Å². The number of ketones is 1. The van der Waals surface area contributed by atoms with E-state index in [1.807, 2.05) is 0 Å². The zero-order valence-electron chi connectivity index (χ0n) is 13.3. The smallest absolute Gasteiger partial charge is 0.382 e. The number of nitrogens with one attached hydrogen (secondary N) is 1. The molecule has 2 aromatic carbocycles. The van der Waals surface area contributed by atoms with Crippen molar-refractivity contribution in [3.8, 4) is 0 Å². The predicted molar refractivity (Wildman–Crippen MR) is 99.2 cm³/mol. The number of Topliss-reactive ketones (excluding diaryl/α,β-unsaturated/α-hetero) is 1. The number of carbonyl (C=O) groups excluding carboxylic acids is 1. The lowest BCUT2D eigenvalue weighted by Gasteiger charge is -2.12. The van der Waals surface area contributed by atoms with Gasteiger partial charge < -0.3 is 5.32 Å². The van der Waals surface area contributed by atoms with Gasteiger partial charge in [0, 0.05) is 7.05 Å². The molecule has 0 aliphatic carbocycles. The van der Waals surface area contributed by atoms with Crippen molar-refractivity contribution >= 4 is 46.3 Å². The van der Waals surface area contributed by atoms with Crippen molar-refractivity contribution in [1.29, 1.82) is 0 Å². The third-order valence-corrected chi connectivity index (χ3v) is 6.10. The van der Waals surface area contributed by atoms with E-state index in [0.717, 1.165) is 12.1 Å². The Hall–Kier alpha value is -1.63. The summed E-state index contributed by atoms with van der Waals surface area (Å²) in [6, 6.07) is 9.70. The highest BCUT2D eigenvalue weighted by molar-refractivity contribution is 8.04. The van der Waals surface area contributed by atoms with Crippen LogP contribution in [0.4, 0.5) is 13.2 Å². The van der Waals surface area contributed by atoms with E-state index in [2.05, 4.69) is 5.32 Å². The van der Waals surface area contributed by atoms with E-state index < -0.39 is 17.0 Å². The summed E-state index contributed by atoms with van der Waals surface area (Å²) in [7, 11) is 1.62. The summed E-state index contributed by atoms with van der Waals surface area (Å²) in [4.78, 5) is 13.0. The van der Waals surface area contributed by atoms with Crippen molar-refractivity contribution in [3.05, 3.63) is 74.2 Å². The molecule has 1 aliphatic heterocycles. The maximum absolute atomic E-state index is 13.0. The van der Waals surface area contributed by atoms with E-state index in [0.29, 0.717) is 15.6 Å². The average molecular weight is 418 g/mol. The van der Waals surface area contributed by atoms with Gasteiger partial charge in [-0.1, -0.05) is 59.2 Å². The molecular weight excluding hydrogens is 406 g/mol. The molecule has 26 heavy (non-hydrogen) atoms. The fourth-order valence-electron chi connectivity index (χ4n) is 2.71. The molecule has 0 aromatic heterocycles. The number of benzene rings is 2. The van der Waals surface area contributed by atoms with Gasteiger partial charge in [-0.2, -0.15) is 13.2 Å². The molecule has 0 amide bonds. The molecule has 0 saturated heterocycles. The van der Waals surface area contributed by atoms with Crippen LogP contribution in [0.5, 0.6) is 0 Å². The van der Waals surface area contributed by atoms with Crippen LogP contribution in [0.1, 0.15) is 21.9 Å². The highest BCUT2D eigenvalue weighted by atomic mass is 35.5. The molecule has 0 radical (unpaired) electrons. The van der Waals surface area contributed by atoms with Crippen molar-refractivity contribution < 1.29 is 18.0 Å². The van der Waals surface area contributed by atoms with Crippen molar-refractivity contribution in [2.24, 2.45) is 0 Å². The first-order valence-corrected chi connectivity index (χ1v) is 9.12. The van der Waals surface area contributed by atoms with Crippen LogP contribution < -0.4 is 5.32 Å². The first kappa shape index (κ1) is 19.1. The van der Waals surface area contributed by atoms with Crippen molar-refractivity contribution in [2.75, 3.05) is 7.05 Å². The Balaban J connectivity index is 2.05. The zero-order chi connectivity index (χ0) is 19.1. The summed E-state index contributed by atoms with van der Waals surface area (Å²) in [6.45, 7) is 0. The van der Waals surface area contributed by atoms with E-state index in [1.165, 1.54) is 23.9 Å². The van der Waals surface area contributed by atoms with Crippen molar-refractivity contribution in [3.63, 3.8) is 0 Å². The molecule has 1 unspecified atom stereocenters. The van der Waals surface area contributed by atoms with E-state index in [4.69, 9.17) is 23.2 Å². The molecule has 8 heteroatoms. The number of hydrogen-bond donors (Lipinski definition) is 1. The molecule has 3 rings (SSSR count). The van der Waals surface area contributed by atoms with Crippen molar-refractivity contribution in [1.82, 2.24) is 5.32 Å². The van der Waals surface area contributed by atoms with Crippen LogP contribution in [0.3, 0.4) is 0 Å². The van der Waals surface area contributed by atoms with Gasteiger partial charge in [-0.3, -0.25) is 4.79 Å². The number of allylic oxidation sites excluding steroid dienone is 1. The second-order valence-electron chi connectivity index (χ2n) is 5.54. The summed E-state index contributed by atoms with van der Waals surface area (Å²) in [6.07, 6.45) is -4.49. The standard InChI is InChI=1S/C18H12Cl2F3NOS/c1-24-17-13(9-4-2-5-10(8-9)18(21,22)23)15(25)16(26-17)11-6-3-7-12(19)14(11)20/h2-8,16,24H,1H3. The molecule has 0 bridgehead atoms. The Morgan fingerprint density at radius 2 is 1.81 bits per heavy atom. The maximum Gasteiger partial charge on any atom is 0.416 e. The topological polar surface area (TPSA) is 29.1 Å². The van der Waals surface area contributed by atoms with Gasteiger partial charge in [0.2, 0.25) is 0 Å². The maximum atomic E-state index is 13.0. The molecule has 136 valence electrons. The molecule has 0 spiro atoms. The van der Waals surface area contributed by atoms with Gasteiger partial charge in [0.15, 0.2) is 5.78 Å². The Morgan fingerprint density at radius 3 is 2.46 bits per heavy atom. The number of thioether (sulfide) groups is 1. The van der Waals surface area contributed by atoms with E-state index in [-0.39, 0.29) is 21.9 Å². The number of carbonyl (C=O) groups is 1. The first-order chi connectivity index (χ1) is 12.2. The largest absolute Gasteiger partial charge is 0.416 e. The Labute approximate surface area is 162 Å². The highest BCUT2D eigenvalue weighted by Crippen LogP contribution is 2.50. The normalized spacial score (nSPS) is 17.8. The first-order valence-electron chi connectivity index (χ1n) is 7.48. The number of halogens is 5. The van der Waals surface area contributed by atoms with Crippen molar-refractivity contribution in [2.45, 2.75) is 11.4 Å². The van der Waals surface area contributed by atoms with Crippen LogP contribution in [0.15, 0.2) is 47.5 Å². The molecule has 1 aliphatic rings. The van der Waals surface area contributed by atoms with Gasteiger partial charge in [0.25, 0.3) is 0 Å². The van der Waals surface area contributed by atoms with Crippen LogP contribution in [-0.4, -0.2) is 12.8 Å². The molecule has 2 aromatic rings. The quantitative estimate of drug-likeness (QED) is 0.667. The zero-order valence-corrected chi connectivity index (χ0v) is 15.7. The monoisotopic (exact) mass is 417 g/mol. The summed E-state index contributed by atoms with van der Waals surface area (Å²) >= 11 is 13.5. The molecule has 0 fully saturated rings. The number of alkyl halides is 3. The fourth-order valence-corrected chi connectivity index (χ4v) is 4.43. The fraction of sp³-hybridized carbons (Fsp3) is 0.167. The average Bonchev–Trinajstić information content (AvgIpc) is 2.93. The van der Waals surface area contributed by atoms with Gasteiger partial charge in [0.1, 0.15) is 5.25 Å².